The zero-order chi connectivity index (χ0) is 11.3. The summed E-state index contributed by atoms with van der Waals surface area (Å²) >= 11 is 0. The minimum absolute atomic E-state index is 0.0425. The van der Waals surface area contributed by atoms with E-state index in [-0.39, 0.29) is 19.0 Å². The summed E-state index contributed by atoms with van der Waals surface area (Å²) in [6, 6.07) is 4.60. The van der Waals surface area contributed by atoms with Crippen molar-refractivity contribution in [2.24, 2.45) is 0 Å². The summed E-state index contributed by atoms with van der Waals surface area (Å²) < 4.78 is 5.28. The molecule has 0 aliphatic carbocycles. The van der Waals surface area contributed by atoms with E-state index in [4.69, 9.17) is 9.84 Å². The van der Waals surface area contributed by atoms with Gasteiger partial charge in [-0.2, -0.15) is 0 Å². The van der Waals surface area contributed by atoms with Crippen molar-refractivity contribution in [1.82, 2.24) is 0 Å². The highest BCUT2D eigenvalue weighted by molar-refractivity contribution is 5.38. The maximum atomic E-state index is 9.29. The van der Waals surface area contributed by atoms with Gasteiger partial charge in [-0.05, 0) is 24.6 Å². The van der Waals surface area contributed by atoms with Crippen LogP contribution in [0.15, 0.2) is 18.2 Å². The molecule has 0 fully saturated rings. The molecule has 3 N–H and O–H groups in total. The Hall–Kier alpha value is -1.26. The number of ether oxygens (including phenoxy) is 1. The van der Waals surface area contributed by atoms with Gasteiger partial charge >= 0.3 is 0 Å². The number of aliphatic hydroxyl groups is 2. The highest BCUT2D eigenvalue weighted by atomic mass is 16.5. The van der Waals surface area contributed by atoms with Gasteiger partial charge in [0.15, 0.2) is 0 Å². The van der Waals surface area contributed by atoms with Crippen LogP contribution in [0, 0.1) is 0 Å². The lowest BCUT2D eigenvalue weighted by atomic mass is 10.2. The second-order valence-corrected chi connectivity index (χ2v) is 3.32. The summed E-state index contributed by atoms with van der Waals surface area (Å²) in [4.78, 5) is 0. The standard InChI is InChI=1S/C11H16O4/c1-2-9(13)7-15-10-3-4-11(14)8(5-10)6-12/h3-5,9,12-14H,2,6-7H2,1H3/t9-/m0/s1. The maximum Gasteiger partial charge on any atom is 0.121 e. The fraction of sp³-hybridized carbons (Fsp3) is 0.455. The topological polar surface area (TPSA) is 69.9 Å². The second kappa shape index (κ2) is 5.58. The van der Waals surface area contributed by atoms with E-state index in [1.165, 1.54) is 6.07 Å². The predicted octanol–water partition coefficient (Wildman–Crippen LogP) is 1.03. The Labute approximate surface area is 88.8 Å². The number of hydrogen-bond donors (Lipinski definition) is 3. The van der Waals surface area contributed by atoms with Crippen molar-refractivity contribution in [3.63, 3.8) is 0 Å². The summed E-state index contributed by atoms with van der Waals surface area (Å²) in [7, 11) is 0. The average molecular weight is 212 g/mol. The Kier molecular flexibility index (Phi) is 4.39. The minimum atomic E-state index is -0.489. The number of rotatable bonds is 5. The molecule has 1 aromatic rings. The van der Waals surface area contributed by atoms with Gasteiger partial charge in [-0.1, -0.05) is 6.92 Å². The molecule has 0 saturated carbocycles. The highest BCUT2D eigenvalue weighted by Crippen LogP contribution is 2.22. The number of hydrogen-bond acceptors (Lipinski definition) is 4. The average Bonchev–Trinajstić information content (AvgIpc) is 2.27. The molecule has 0 bridgehead atoms. The zero-order valence-electron chi connectivity index (χ0n) is 8.68. The van der Waals surface area contributed by atoms with Crippen LogP contribution in [0.4, 0.5) is 0 Å². The van der Waals surface area contributed by atoms with Crippen molar-refractivity contribution in [1.29, 1.82) is 0 Å². The molecule has 15 heavy (non-hydrogen) atoms. The lowest BCUT2D eigenvalue weighted by Crippen LogP contribution is -2.16. The monoisotopic (exact) mass is 212 g/mol. The number of aliphatic hydroxyl groups excluding tert-OH is 2. The van der Waals surface area contributed by atoms with E-state index >= 15 is 0 Å². The van der Waals surface area contributed by atoms with E-state index in [0.717, 1.165) is 0 Å². The molecule has 0 saturated heterocycles. The molecule has 0 aliphatic rings. The molecule has 1 aromatic carbocycles. The van der Waals surface area contributed by atoms with Gasteiger partial charge in [-0.3, -0.25) is 0 Å². The van der Waals surface area contributed by atoms with Crippen LogP contribution in [0.5, 0.6) is 11.5 Å². The van der Waals surface area contributed by atoms with E-state index < -0.39 is 6.10 Å². The molecule has 0 heterocycles. The van der Waals surface area contributed by atoms with Crippen LogP contribution in [-0.4, -0.2) is 28.0 Å². The third-order valence-electron chi connectivity index (χ3n) is 2.13. The fourth-order valence-electron chi connectivity index (χ4n) is 1.09. The largest absolute Gasteiger partial charge is 0.508 e. The molecular weight excluding hydrogens is 196 g/mol. The molecule has 0 aromatic heterocycles. The third kappa shape index (κ3) is 3.42. The molecule has 0 spiro atoms. The molecule has 4 nitrogen and oxygen atoms in total. The normalized spacial score (nSPS) is 12.5. The Morgan fingerprint density at radius 1 is 1.40 bits per heavy atom. The minimum Gasteiger partial charge on any atom is -0.508 e. The van der Waals surface area contributed by atoms with Crippen molar-refractivity contribution in [2.45, 2.75) is 26.1 Å². The molecule has 1 atom stereocenters. The van der Waals surface area contributed by atoms with Gasteiger partial charge in [-0.25, -0.2) is 0 Å². The van der Waals surface area contributed by atoms with Crippen molar-refractivity contribution in [3.05, 3.63) is 23.8 Å². The Morgan fingerprint density at radius 2 is 2.13 bits per heavy atom. The van der Waals surface area contributed by atoms with Crippen LogP contribution in [0.3, 0.4) is 0 Å². The Morgan fingerprint density at radius 3 is 2.73 bits per heavy atom. The van der Waals surface area contributed by atoms with Crippen LogP contribution < -0.4 is 4.74 Å². The van der Waals surface area contributed by atoms with E-state index in [0.29, 0.717) is 17.7 Å². The van der Waals surface area contributed by atoms with Crippen molar-refractivity contribution in [3.8, 4) is 11.5 Å². The Balaban J connectivity index is 2.62. The first-order valence-electron chi connectivity index (χ1n) is 4.91. The first kappa shape index (κ1) is 11.8. The second-order valence-electron chi connectivity index (χ2n) is 3.32. The van der Waals surface area contributed by atoms with Crippen LogP contribution >= 0.6 is 0 Å². The van der Waals surface area contributed by atoms with E-state index in [1.54, 1.807) is 12.1 Å². The van der Waals surface area contributed by atoms with Crippen LogP contribution in [-0.2, 0) is 6.61 Å². The van der Waals surface area contributed by atoms with E-state index in [9.17, 15) is 10.2 Å². The summed E-state index contributed by atoms with van der Waals surface area (Å²) in [6.07, 6.45) is 0.140. The van der Waals surface area contributed by atoms with Gasteiger partial charge in [0, 0.05) is 5.56 Å². The van der Waals surface area contributed by atoms with Gasteiger partial charge in [0.05, 0.1) is 12.7 Å². The van der Waals surface area contributed by atoms with E-state index in [2.05, 4.69) is 0 Å². The zero-order valence-corrected chi connectivity index (χ0v) is 8.68. The molecule has 4 heteroatoms. The first-order chi connectivity index (χ1) is 7.17. The maximum absolute atomic E-state index is 9.29. The van der Waals surface area contributed by atoms with Crippen LogP contribution in [0.2, 0.25) is 0 Å². The summed E-state index contributed by atoms with van der Waals surface area (Å²) in [5, 5.41) is 27.5. The quantitative estimate of drug-likeness (QED) is 0.682. The van der Waals surface area contributed by atoms with Gasteiger partial charge in [0.2, 0.25) is 0 Å². The highest BCUT2D eigenvalue weighted by Gasteiger charge is 2.05. The summed E-state index contributed by atoms with van der Waals surface area (Å²) in [6.45, 7) is 1.84. The number of aromatic hydroxyl groups is 1. The van der Waals surface area contributed by atoms with E-state index in [1.807, 2.05) is 6.92 Å². The van der Waals surface area contributed by atoms with Gasteiger partial charge < -0.3 is 20.1 Å². The molecule has 84 valence electrons. The summed E-state index contributed by atoms with van der Waals surface area (Å²) in [5.74, 6) is 0.574. The lowest BCUT2D eigenvalue weighted by molar-refractivity contribution is 0.104. The SMILES string of the molecule is CC[C@H](O)COc1ccc(O)c(CO)c1. The fourth-order valence-corrected chi connectivity index (χ4v) is 1.09. The smallest absolute Gasteiger partial charge is 0.121 e. The van der Waals surface area contributed by atoms with Crippen molar-refractivity contribution < 1.29 is 20.1 Å². The van der Waals surface area contributed by atoms with Gasteiger partial charge in [-0.15, -0.1) is 0 Å². The molecule has 0 unspecified atom stereocenters. The van der Waals surface area contributed by atoms with Gasteiger partial charge in [0.25, 0.3) is 0 Å². The van der Waals surface area contributed by atoms with Crippen molar-refractivity contribution in [2.75, 3.05) is 6.61 Å². The third-order valence-corrected chi connectivity index (χ3v) is 2.13. The number of benzene rings is 1. The molecule has 0 radical (unpaired) electrons. The molecule has 1 rings (SSSR count). The van der Waals surface area contributed by atoms with Crippen LogP contribution in [0.1, 0.15) is 18.9 Å². The van der Waals surface area contributed by atoms with Crippen molar-refractivity contribution >= 4 is 0 Å². The molecular formula is C11H16O4. The van der Waals surface area contributed by atoms with Gasteiger partial charge in [0.1, 0.15) is 18.1 Å². The molecule has 0 amide bonds. The number of phenols is 1. The molecule has 0 aliphatic heterocycles. The lowest BCUT2D eigenvalue weighted by Gasteiger charge is -2.11. The predicted molar refractivity (Wildman–Crippen MR) is 55.8 cm³/mol. The summed E-state index contributed by atoms with van der Waals surface area (Å²) in [5.41, 5.74) is 0.415. The Bertz CT molecular complexity index is 311. The first-order valence-corrected chi connectivity index (χ1v) is 4.91. The van der Waals surface area contributed by atoms with Crippen LogP contribution in [0.25, 0.3) is 0 Å².